The smallest absolute Gasteiger partial charge is 0.293 e. The lowest BCUT2D eigenvalue weighted by atomic mass is 10.3. The van der Waals surface area contributed by atoms with Crippen LogP contribution in [0.3, 0.4) is 0 Å². The van der Waals surface area contributed by atoms with E-state index in [1.54, 1.807) is 0 Å². The molecule has 1 aromatic rings. The summed E-state index contributed by atoms with van der Waals surface area (Å²) in [4.78, 5) is 11.1. The predicted octanol–water partition coefficient (Wildman–Crippen LogP) is 3.92. The lowest BCUT2D eigenvalue weighted by molar-refractivity contribution is 0.270. The third kappa shape index (κ3) is 5.34. The van der Waals surface area contributed by atoms with Gasteiger partial charge in [0, 0.05) is 16.5 Å². The fourth-order valence-corrected chi connectivity index (χ4v) is 1.22. The van der Waals surface area contributed by atoms with Gasteiger partial charge < -0.3 is 5.32 Å². The van der Waals surface area contributed by atoms with Gasteiger partial charge >= 0.3 is 0 Å². The fourth-order valence-electron chi connectivity index (χ4n) is 0.919. The minimum absolute atomic E-state index is 0.195. The lowest BCUT2D eigenvalue weighted by Gasteiger charge is -1.98. The van der Waals surface area contributed by atoms with Crippen LogP contribution in [0.4, 0.5) is 10.5 Å². The summed E-state index contributed by atoms with van der Waals surface area (Å²) in [6.45, 7) is 0. The van der Waals surface area contributed by atoms with E-state index in [2.05, 4.69) is 17.0 Å². The summed E-state index contributed by atoms with van der Waals surface area (Å²) in [5, 5.41) is 2.50. The largest absolute Gasteiger partial charge is 0.316 e. The molecule has 0 saturated heterocycles. The zero-order valence-electron chi connectivity index (χ0n) is 7.96. The Labute approximate surface area is 98.2 Å². The molecule has 0 aromatic heterocycles. The van der Waals surface area contributed by atoms with Gasteiger partial charge in [-0.2, -0.15) is 0 Å². The van der Waals surface area contributed by atoms with Gasteiger partial charge in [-0.3, -0.25) is 4.79 Å². The molecule has 1 N–H and O–H groups in total. The molecule has 15 heavy (non-hydrogen) atoms. The molecular formula is C11H11NOS2. The Morgan fingerprint density at radius 2 is 1.47 bits per heavy atom. The first-order chi connectivity index (χ1) is 7.33. The second kappa shape index (κ2) is 7.20. The van der Waals surface area contributed by atoms with E-state index in [9.17, 15) is 4.79 Å². The topological polar surface area (TPSA) is 29.1 Å². The standard InChI is InChI=1S/C11H11NOS2/c13-11(15-14)12-10-8-6-4-2-1-3-5-7-9-10/h1-9,14H,(H,12,13). The number of thiol groups is 1. The van der Waals surface area contributed by atoms with Gasteiger partial charge in [0.25, 0.3) is 5.24 Å². The summed E-state index contributed by atoms with van der Waals surface area (Å²) in [6.07, 6.45) is 0. The Morgan fingerprint density at radius 1 is 1.00 bits per heavy atom. The van der Waals surface area contributed by atoms with Crippen LogP contribution in [0.15, 0.2) is 54.6 Å². The minimum atomic E-state index is -0.195. The summed E-state index contributed by atoms with van der Waals surface area (Å²) in [6, 6.07) is 16.9. The molecule has 0 aliphatic carbocycles. The third-order valence-corrected chi connectivity index (χ3v) is 2.31. The molecular weight excluding hydrogens is 226 g/mol. The van der Waals surface area contributed by atoms with Crippen LogP contribution in [-0.2, 0) is 0 Å². The van der Waals surface area contributed by atoms with E-state index in [4.69, 9.17) is 0 Å². The molecule has 0 unspecified atom stereocenters. The minimum Gasteiger partial charge on any atom is -0.316 e. The van der Waals surface area contributed by atoms with E-state index in [0.29, 0.717) is 0 Å². The van der Waals surface area contributed by atoms with E-state index >= 15 is 0 Å². The van der Waals surface area contributed by atoms with Crippen molar-refractivity contribution in [1.82, 2.24) is 0 Å². The molecule has 0 spiro atoms. The molecule has 0 radical (unpaired) electrons. The molecule has 0 aliphatic rings. The van der Waals surface area contributed by atoms with Crippen molar-refractivity contribution in [3.05, 3.63) is 54.6 Å². The number of amides is 1. The van der Waals surface area contributed by atoms with Gasteiger partial charge in [-0.25, -0.2) is 0 Å². The first-order valence-corrected chi connectivity index (χ1v) is 6.20. The van der Waals surface area contributed by atoms with Crippen LogP contribution in [-0.4, -0.2) is 5.24 Å². The van der Waals surface area contributed by atoms with Crippen molar-refractivity contribution < 1.29 is 4.79 Å². The Bertz CT molecular complexity index is 356. The number of nitrogens with one attached hydrogen (secondary N) is 1. The Kier molecular flexibility index (Phi) is 5.73. The molecule has 1 amide bonds. The Balaban J connectivity index is 2.93. The van der Waals surface area contributed by atoms with Gasteiger partial charge in [0.1, 0.15) is 0 Å². The molecule has 0 fully saturated rings. The average Bonchev–Trinajstić information content (AvgIpc) is 2.27. The Hall–Kier alpha value is -1.13. The van der Waals surface area contributed by atoms with Crippen LogP contribution >= 0.6 is 22.5 Å². The summed E-state index contributed by atoms with van der Waals surface area (Å²) in [5.41, 5.74) is 0.734. The van der Waals surface area contributed by atoms with E-state index < -0.39 is 0 Å². The zero-order valence-corrected chi connectivity index (χ0v) is 9.67. The molecule has 0 atom stereocenters. The lowest BCUT2D eigenvalue weighted by Crippen LogP contribution is -2.01. The van der Waals surface area contributed by atoms with Gasteiger partial charge in [-0.1, -0.05) is 42.5 Å². The molecule has 4 heteroatoms. The monoisotopic (exact) mass is 237 g/mol. The van der Waals surface area contributed by atoms with Crippen LogP contribution in [0.5, 0.6) is 0 Å². The number of anilines is 1. The van der Waals surface area contributed by atoms with Crippen molar-refractivity contribution in [2.24, 2.45) is 0 Å². The molecule has 1 aromatic carbocycles. The molecule has 1 rings (SSSR count). The normalized spacial score (nSPS) is 8.87. The van der Waals surface area contributed by atoms with Crippen molar-refractivity contribution in [3.8, 4) is 0 Å². The fraction of sp³-hybridized carbons (Fsp3) is 0. The molecule has 0 heterocycles. The van der Waals surface area contributed by atoms with E-state index in [-0.39, 0.29) is 5.24 Å². The van der Waals surface area contributed by atoms with Crippen LogP contribution in [0.2, 0.25) is 0 Å². The van der Waals surface area contributed by atoms with E-state index in [0.717, 1.165) is 16.5 Å². The number of rotatable bonds is 1. The van der Waals surface area contributed by atoms with E-state index in [1.165, 1.54) is 0 Å². The highest BCUT2D eigenvalue weighted by Gasteiger charge is 1.96. The van der Waals surface area contributed by atoms with Crippen molar-refractivity contribution in [3.63, 3.8) is 0 Å². The number of hydrogen-bond acceptors (Lipinski definition) is 3. The van der Waals surface area contributed by atoms with Gasteiger partial charge in [0.15, 0.2) is 0 Å². The maximum atomic E-state index is 11.1. The summed E-state index contributed by atoms with van der Waals surface area (Å²) >= 11 is 3.81. The van der Waals surface area contributed by atoms with Crippen LogP contribution in [0, 0.1) is 0 Å². The Morgan fingerprint density at radius 3 is 1.93 bits per heavy atom. The summed E-state index contributed by atoms with van der Waals surface area (Å²) in [5.74, 6) is 0. The maximum Gasteiger partial charge on any atom is 0.293 e. The number of carbonyl (C=O) groups excluding carboxylic acids is 1. The van der Waals surface area contributed by atoms with Gasteiger partial charge in [-0.15, -0.1) is 11.7 Å². The predicted molar refractivity (Wildman–Crippen MR) is 69.7 cm³/mol. The maximum absolute atomic E-state index is 11.1. The van der Waals surface area contributed by atoms with Crippen molar-refractivity contribution in [2.45, 2.75) is 0 Å². The SMILES string of the molecule is O=C(Nc1ccccccccc1)SS. The second-order valence-electron chi connectivity index (χ2n) is 2.64. The van der Waals surface area contributed by atoms with Crippen LogP contribution in [0.25, 0.3) is 0 Å². The van der Waals surface area contributed by atoms with Gasteiger partial charge in [0.2, 0.25) is 0 Å². The second-order valence-corrected chi connectivity index (χ2v) is 3.74. The first-order valence-electron chi connectivity index (χ1n) is 4.33. The average molecular weight is 237 g/mol. The highest BCUT2D eigenvalue weighted by atomic mass is 33.1. The van der Waals surface area contributed by atoms with Gasteiger partial charge in [-0.05, 0) is 12.1 Å². The zero-order chi connectivity index (χ0) is 10.9. The highest BCUT2D eigenvalue weighted by molar-refractivity contribution is 8.74. The molecule has 0 aliphatic heterocycles. The summed E-state index contributed by atoms with van der Waals surface area (Å²) in [7, 11) is 0.853. The van der Waals surface area contributed by atoms with Gasteiger partial charge in [0.05, 0.1) is 0 Å². The van der Waals surface area contributed by atoms with Crippen LogP contribution < -0.4 is 5.32 Å². The first kappa shape index (κ1) is 11.9. The molecule has 2 nitrogen and oxygen atoms in total. The molecule has 78 valence electrons. The summed E-state index contributed by atoms with van der Waals surface area (Å²) < 4.78 is 0. The van der Waals surface area contributed by atoms with E-state index in [1.807, 2.05) is 54.6 Å². The highest BCUT2D eigenvalue weighted by Crippen LogP contribution is 2.11. The number of carbonyl (C=O) groups is 1. The van der Waals surface area contributed by atoms with Crippen molar-refractivity contribution in [1.29, 1.82) is 0 Å². The van der Waals surface area contributed by atoms with Crippen molar-refractivity contribution in [2.75, 3.05) is 5.32 Å². The van der Waals surface area contributed by atoms with Crippen LogP contribution in [0.1, 0.15) is 0 Å². The number of hydrogen-bond donors (Lipinski definition) is 2. The quantitative estimate of drug-likeness (QED) is 0.572. The van der Waals surface area contributed by atoms with Crippen molar-refractivity contribution >= 4 is 33.4 Å². The molecule has 0 saturated carbocycles. The molecule has 0 bridgehead atoms. The third-order valence-electron chi connectivity index (χ3n) is 1.55.